The Labute approximate surface area is 249 Å². The van der Waals surface area contributed by atoms with E-state index in [0.29, 0.717) is 0 Å². The summed E-state index contributed by atoms with van der Waals surface area (Å²) in [5.41, 5.74) is -5.28. The van der Waals surface area contributed by atoms with Gasteiger partial charge in [-0.05, 0) is 45.2 Å². The minimum Gasteiger partial charge on any atom is -0.459 e. The second-order valence-corrected chi connectivity index (χ2v) is 12.1. The summed E-state index contributed by atoms with van der Waals surface area (Å²) in [5.74, 6) is -7.22. The van der Waals surface area contributed by atoms with Gasteiger partial charge in [-0.2, -0.15) is 0 Å². The van der Waals surface area contributed by atoms with E-state index in [9.17, 15) is 28.8 Å². The van der Waals surface area contributed by atoms with Gasteiger partial charge in [0.1, 0.15) is 11.9 Å². The van der Waals surface area contributed by atoms with E-state index in [-0.39, 0.29) is 12.0 Å². The highest BCUT2D eigenvalue weighted by Crippen LogP contribution is 2.66. The molecule has 1 heterocycles. The van der Waals surface area contributed by atoms with Crippen LogP contribution in [-0.4, -0.2) is 76.8 Å². The normalized spacial score (nSPS) is 35.5. The number of esters is 5. The van der Waals surface area contributed by atoms with Crippen molar-refractivity contribution in [2.75, 3.05) is 0 Å². The Kier molecular flexibility index (Phi) is 8.49. The quantitative estimate of drug-likeness (QED) is 0.332. The number of fused-ring (bicyclic) bond motifs is 1. The summed E-state index contributed by atoms with van der Waals surface area (Å²) in [6.45, 7) is 10.9. The van der Waals surface area contributed by atoms with Crippen LogP contribution in [0.3, 0.4) is 0 Å². The van der Waals surface area contributed by atoms with Crippen molar-refractivity contribution in [2.45, 2.75) is 103 Å². The number of ether oxygens (including phenoxy) is 6. The molecule has 2 aliphatic carbocycles. The van der Waals surface area contributed by atoms with Crippen molar-refractivity contribution in [3.05, 3.63) is 35.9 Å². The number of hydrogen-bond donors (Lipinski definition) is 0. The number of rotatable bonds is 7. The molecule has 9 atom stereocenters. The molecule has 234 valence electrons. The summed E-state index contributed by atoms with van der Waals surface area (Å²) >= 11 is 0. The topological polar surface area (TPSA) is 158 Å². The van der Waals surface area contributed by atoms with Gasteiger partial charge in [0.25, 0.3) is 0 Å². The van der Waals surface area contributed by atoms with E-state index < -0.39 is 94.6 Å². The van der Waals surface area contributed by atoms with Crippen LogP contribution >= 0.6 is 0 Å². The molecule has 0 aromatic heterocycles. The molecule has 0 N–H and O–H groups in total. The Morgan fingerprint density at radius 2 is 1.30 bits per heavy atom. The molecule has 12 nitrogen and oxygen atoms in total. The predicted octanol–water partition coefficient (Wildman–Crippen LogP) is 2.73. The fourth-order valence-electron chi connectivity index (χ4n) is 7.59. The van der Waals surface area contributed by atoms with Crippen LogP contribution in [0.4, 0.5) is 0 Å². The van der Waals surface area contributed by atoms with Crippen LogP contribution in [0.15, 0.2) is 30.3 Å². The van der Waals surface area contributed by atoms with Gasteiger partial charge in [0.15, 0.2) is 23.9 Å². The van der Waals surface area contributed by atoms with Gasteiger partial charge >= 0.3 is 29.8 Å². The summed E-state index contributed by atoms with van der Waals surface area (Å²) in [4.78, 5) is 78.0. The number of hydrogen-bond acceptors (Lipinski definition) is 12. The summed E-state index contributed by atoms with van der Waals surface area (Å²) in [7, 11) is 0. The van der Waals surface area contributed by atoms with Crippen LogP contribution in [0.25, 0.3) is 0 Å². The second-order valence-electron chi connectivity index (χ2n) is 12.1. The molecule has 1 unspecified atom stereocenters. The highest BCUT2D eigenvalue weighted by Gasteiger charge is 2.87. The lowest BCUT2D eigenvalue weighted by Crippen LogP contribution is -2.84. The van der Waals surface area contributed by atoms with E-state index in [1.807, 2.05) is 0 Å². The van der Waals surface area contributed by atoms with Gasteiger partial charge in [-0.15, -0.1) is 0 Å². The minimum absolute atomic E-state index is 0.0778. The average molecular weight is 603 g/mol. The highest BCUT2D eigenvalue weighted by atomic mass is 16.7. The van der Waals surface area contributed by atoms with Crippen molar-refractivity contribution in [2.24, 2.45) is 17.8 Å². The summed E-state index contributed by atoms with van der Waals surface area (Å²) in [6.07, 6.45) is -5.90. The van der Waals surface area contributed by atoms with E-state index in [1.165, 1.54) is 26.0 Å². The monoisotopic (exact) mass is 602 g/mol. The molecule has 43 heavy (non-hydrogen) atoms. The van der Waals surface area contributed by atoms with E-state index in [1.54, 1.807) is 39.0 Å². The largest absolute Gasteiger partial charge is 0.459 e. The van der Waals surface area contributed by atoms with Crippen molar-refractivity contribution in [3.63, 3.8) is 0 Å². The average Bonchev–Trinajstić information content (AvgIpc) is 3.08. The Morgan fingerprint density at radius 1 is 0.744 bits per heavy atom. The van der Waals surface area contributed by atoms with Crippen LogP contribution in [0.2, 0.25) is 0 Å². The number of carbonyl (C=O) groups excluding carboxylic acids is 6. The molecule has 2 saturated carbocycles. The maximum Gasteiger partial charge on any atom is 0.338 e. The second kappa shape index (κ2) is 11.4. The van der Waals surface area contributed by atoms with Gasteiger partial charge in [0.05, 0.1) is 23.0 Å². The molecule has 0 amide bonds. The third-order valence-electron chi connectivity index (χ3n) is 8.76. The van der Waals surface area contributed by atoms with Crippen molar-refractivity contribution in [1.82, 2.24) is 0 Å². The minimum atomic E-state index is -2.33. The van der Waals surface area contributed by atoms with Crippen molar-refractivity contribution in [3.8, 4) is 0 Å². The van der Waals surface area contributed by atoms with Crippen LogP contribution in [-0.2, 0) is 52.4 Å². The third kappa shape index (κ3) is 5.19. The Morgan fingerprint density at radius 3 is 1.81 bits per heavy atom. The molecule has 2 bridgehead atoms. The fraction of sp³-hybridized carbons (Fsp3) is 0.613. The van der Waals surface area contributed by atoms with Crippen molar-refractivity contribution < 1.29 is 57.2 Å². The zero-order chi connectivity index (χ0) is 32.1. The molecular formula is C31H38O12. The SMILES string of the molecule is CC(=O)O[C@@H]1[C@@H]2[C@@H](OC(C)=O)[C@]3(OC2(C)C)C(C)C[C@H](C(C)=O)[C@H](OC(C)=O)[C@@]3(OC(C)=O)[C@H]1OC(=O)c1ccccc1. The van der Waals surface area contributed by atoms with E-state index >= 15 is 0 Å². The Bertz CT molecular complexity index is 1320. The van der Waals surface area contributed by atoms with Crippen LogP contribution < -0.4 is 0 Å². The predicted molar refractivity (Wildman–Crippen MR) is 146 cm³/mol. The standard InChI is InChI=1S/C31H38O12/c1-15-14-22(16(2)32)25(39-18(4)34)31(42-20(6)36)27(41-28(37)21-12-10-9-11-13-21)24(38-17(3)33)23-26(40-19(5)35)30(15,31)43-29(23,7)8/h9-13,15,22-27H,14H2,1-8H3/t15?,22-,23-,24-,25+,26-,27+,30-,31-/m1/s1. The number of Topliss-reactive ketones (excluding diaryl/α,β-unsaturated/α-hetero) is 1. The Hall–Kier alpha value is -3.80. The molecule has 0 radical (unpaired) electrons. The van der Waals surface area contributed by atoms with Gasteiger partial charge in [-0.1, -0.05) is 25.1 Å². The maximum absolute atomic E-state index is 13.7. The highest BCUT2D eigenvalue weighted by molar-refractivity contribution is 5.89. The molecule has 12 heteroatoms. The number of carbonyl (C=O) groups is 6. The van der Waals surface area contributed by atoms with Gasteiger partial charge < -0.3 is 28.4 Å². The van der Waals surface area contributed by atoms with Gasteiger partial charge in [-0.25, -0.2) is 4.79 Å². The molecule has 3 aliphatic rings. The zero-order valence-corrected chi connectivity index (χ0v) is 25.5. The summed E-state index contributed by atoms with van der Waals surface area (Å²) < 4.78 is 36.8. The van der Waals surface area contributed by atoms with Crippen molar-refractivity contribution >= 4 is 35.6 Å². The molecular weight excluding hydrogens is 564 g/mol. The summed E-state index contributed by atoms with van der Waals surface area (Å²) in [5, 5.41) is 0. The fourth-order valence-corrected chi connectivity index (χ4v) is 7.59. The van der Waals surface area contributed by atoms with Gasteiger partial charge in [0.2, 0.25) is 5.60 Å². The first kappa shape index (κ1) is 32.1. The molecule has 1 aliphatic heterocycles. The molecule has 4 rings (SSSR count). The first-order valence-electron chi connectivity index (χ1n) is 14.2. The Balaban J connectivity index is 2.14. The molecule has 1 aromatic rings. The van der Waals surface area contributed by atoms with Crippen molar-refractivity contribution in [1.29, 1.82) is 0 Å². The molecule has 1 aromatic carbocycles. The molecule has 1 saturated heterocycles. The first-order valence-corrected chi connectivity index (χ1v) is 14.2. The lowest BCUT2D eigenvalue weighted by molar-refractivity contribution is -0.340. The van der Waals surface area contributed by atoms with Crippen LogP contribution in [0.5, 0.6) is 0 Å². The summed E-state index contributed by atoms with van der Waals surface area (Å²) in [6, 6.07) is 7.94. The van der Waals surface area contributed by atoms with Crippen LogP contribution in [0.1, 0.15) is 72.2 Å². The number of ketones is 1. The smallest absolute Gasteiger partial charge is 0.338 e. The first-order chi connectivity index (χ1) is 20.0. The third-order valence-corrected chi connectivity index (χ3v) is 8.76. The van der Waals surface area contributed by atoms with Gasteiger partial charge in [-0.3, -0.25) is 24.0 Å². The lowest BCUT2D eigenvalue weighted by atomic mass is 9.50. The molecule has 3 fully saturated rings. The van der Waals surface area contributed by atoms with Gasteiger partial charge in [0, 0.05) is 27.7 Å². The molecule has 1 spiro atoms. The van der Waals surface area contributed by atoms with E-state index in [2.05, 4.69) is 0 Å². The zero-order valence-electron chi connectivity index (χ0n) is 25.5. The van der Waals surface area contributed by atoms with Crippen LogP contribution in [0, 0.1) is 17.8 Å². The lowest BCUT2D eigenvalue weighted by Gasteiger charge is -2.63. The number of benzene rings is 1. The maximum atomic E-state index is 13.7. The van der Waals surface area contributed by atoms with E-state index in [4.69, 9.17) is 28.4 Å². The van der Waals surface area contributed by atoms with E-state index in [0.717, 1.165) is 20.8 Å².